The van der Waals surface area contributed by atoms with Gasteiger partial charge >= 0.3 is 0 Å². The topological polar surface area (TPSA) is 61.3 Å². The van der Waals surface area contributed by atoms with Crippen LogP contribution in [0.2, 0.25) is 18.1 Å². The van der Waals surface area contributed by atoms with Gasteiger partial charge in [0.25, 0.3) is 0 Å². The van der Waals surface area contributed by atoms with Gasteiger partial charge in [-0.15, -0.1) is 0 Å². The van der Waals surface area contributed by atoms with Crippen molar-refractivity contribution in [1.82, 2.24) is 0 Å². The molecule has 0 saturated heterocycles. The van der Waals surface area contributed by atoms with Gasteiger partial charge in [0.2, 0.25) is 0 Å². The summed E-state index contributed by atoms with van der Waals surface area (Å²) >= 11 is 11.7. The third kappa shape index (κ3) is 5.68. The Balaban J connectivity index is 5.19. The molecule has 3 nitrogen and oxygen atoms in total. The summed E-state index contributed by atoms with van der Waals surface area (Å²) in [6.45, 7) is 15.6. The van der Waals surface area contributed by atoms with Crippen molar-refractivity contribution in [3.8, 4) is 0 Å². The third-order valence-corrected chi connectivity index (χ3v) is 8.66. The highest BCUT2D eigenvalue weighted by Gasteiger charge is 2.39. The van der Waals surface area contributed by atoms with Crippen LogP contribution in [0.4, 0.5) is 0 Å². The van der Waals surface area contributed by atoms with Crippen LogP contribution >= 0.6 is 23.2 Å². The molecule has 4 N–H and O–H groups in total. The van der Waals surface area contributed by atoms with Gasteiger partial charge in [-0.05, 0) is 29.8 Å². The van der Waals surface area contributed by atoms with Crippen LogP contribution in [0, 0.1) is 5.41 Å². The summed E-state index contributed by atoms with van der Waals surface area (Å²) in [5.74, 6) is 0. The molecular formula is C14H28Cl2N2OSi. The fourth-order valence-electron chi connectivity index (χ4n) is 1.38. The second-order valence-electron chi connectivity index (χ2n) is 7.22. The molecular weight excluding hydrogens is 311 g/mol. The van der Waals surface area contributed by atoms with Gasteiger partial charge in [-0.25, -0.2) is 0 Å². The quantitative estimate of drug-likeness (QED) is 0.441. The van der Waals surface area contributed by atoms with E-state index in [1.165, 1.54) is 0 Å². The first kappa shape index (κ1) is 19.8. The lowest BCUT2D eigenvalue weighted by molar-refractivity contribution is 0.196. The first-order valence-electron chi connectivity index (χ1n) is 6.63. The van der Waals surface area contributed by atoms with Gasteiger partial charge in [-0.3, -0.25) is 0 Å². The van der Waals surface area contributed by atoms with Gasteiger partial charge in [0.15, 0.2) is 8.32 Å². The van der Waals surface area contributed by atoms with E-state index >= 15 is 0 Å². The fraction of sp³-hybridized carbons (Fsp3) is 0.714. The zero-order chi connectivity index (χ0) is 16.4. The van der Waals surface area contributed by atoms with Gasteiger partial charge in [-0.1, -0.05) is 57.8 Å². The molecule has 0 rings (SSSR count). The zero-order valence-corrected chi connectivity index (χ0v) is 16.1. The van der Waals surface area contributed by atoms with Crippen molar-refractivity contribution in [3.63, 3.8) is 0 Å². The molecule has 0 fully saturated rings. The molecule has 0 saturated carbocycles. The Labute approximate surface area is 134 Å². The molecule has 0 spiro atoms. The monoisotopic (exact) mass is 338 g/mol. The van der Waals surface area contributed by atoms with Gasteiger partial charge in [0.05, 0.1) is 5.16 Å². The Hall–Kier alpha value is -0.163. The zero-order valence-electron chi connectivity index (χ0n) is 13.6. The van der Waals surface area contributed by atoms with E-state index in [0.29, 0.717) is 12.2 Å². The predicted octanol–water partition coefficient (Wildman–Crippen LogP) is 4.48. The number of rotatable bonds is 5. The molecule has 20 heavy (non-hydrogen) atoms. The minimum atomic E-state index is -1.83. The SMILES string of the molecule is CC(C)(CO[Si](C)(C)C(C)(C)C)C(/C=C(\N)Cl)=C(/N)Cl. The molecule has 0 aliphatic rings. The molecule has 0 aliphatic carbocycles. The Bertz CT molecular complexity index is 402. The van der Waals surface area contributed by atoms with Crippen molar-refractivity contribution < 1.29 is 4.43 Å². The Morgan fingerprint density at radius 2 is 1.55 bits per heavy atom. The van der Waals surface area contributed by atoms with Crippen LogP contribution in [0.5, 0.6) is 0 Å². The molecule has 0 aromatic rings. The van der Waals surface area contributed by atoms with E-state index in [0.717, 1.165) is 0 Å². The first-order chi connectivity index (χ1) is 8.71. The van der Waals surface area contributed by atoms with Crippen molar-refractivity contribution in [2.75, 3.05) is 6.61 Å². The predicted molar refractivity (Wildman–Crippen MR) is 92.1 cm³/mol. The average molecular weight is 339 g/mol. The maximum absolute atomic E-state index is 6.25. The highest BCUT2D eigenvalue weighted by Crippen LogP contribution is 2.39. The Morgan fingerprint density at radius 1 is 1.10 bits per heavy atom. The smallest absolute Gasteiger partial charge is 0.192 e. The van der Waals surface area contributed by atoms with E-state index in [1.807, 2.05) is 13.8 Å². The van der Waals surface area contributed by atoms with Gasteiger partial charge in [0, 0.05) is 12.0 Å². The number of allylic oxidation sites excluding steroid dienone is 1. The number of hydrogen-bond donors (Lipinski definition) is 2. The van der Waals surface area contributed by atoms with Crippen molar-refractivity contribution >= 4 is 31.5 Å². The van der Waals surface area contributed by atoms with E-state index in [-0.39, 0.29) is 20.8 Å². The molecule has 0 radical (unpaired) electrons. The van der Waals surface area contributed by atoms with Crippen LogP contribution < -0.4 is 11.5 Å². The molecule has 0 aromatic heterocycles. The van der Waals surface area contributed by atoms with E-state index in [2.05, 4.69) is 33.9 Å². The van der Waals surface area contributed by atoms with E-state index < -0.39 is 8.32 Å². The number of hydrogen-bond acceptors (Lipinski definition) is 3. The summed E-state index contributed by atoms with van der Waals surface area (Å²) in [5, 5.41) is 0.502. The Kier molecular flexibility index (Phi) is 6.68. The normalized spacial score (nSPS) is 16.1. The van der Waals surface area contributed by atoms with E-state index in [1.54, 1.807) is 6.08 Å². The molecule has 0 aliphatic heterocycles. The largest absolute Gasteiger partial charge is 0.416 e. The van der Waals surface area contributed by atoms with Crippen molar-refractivity contribution in [1.29, 1.82) is 0 Å². The minimum absolute atomic E-state index is 0.154. The molecule has 0 atom stereocenters. The van der Waals surface area contributed by atoms with Crippen LogP contribution in [0.25, 0.3) is 0 Å². The van der Waals surface area contributed by atoms with E-state index in [4.69, 9.17) is 39.1 Å². The molecule has 118 valence electrons. The maximum Gasteiger partial charge on any atom is 0.192 e. The molecule has 0 aromatic carbocycles. The van der Waals surface area contributed by atoms with E-state index in [9.17, 15) is 0 Å². The number of halogens is 2. The third-order valence-electron chi connectivity index (χ3n) is 3.87. The van der Waals surface area contributed by atoms with Crippen LogP contribution in [0.3, 0.4) is 0 Å². The van der Waals surface area contributed by atoms with Gasteiger partial charge < -0.3 is 15.9 Å². The van der Waals surface area contributed by atoms with Crippen molar-refractivity contribution in [2.45, 2.75) is 52.8 Å². The molecule has 0 amide bonds. The maximum atomic E-state index is 6.25. The van der Waals surface area contributed by atoms with Crippen LogP contribution in [-0.4, -0.2) is 14.9 Å². The second-order valence-corrected chi connectivity index (χ2v) is 12.9. The van der Waals surface area contributed by atoms with Crippen molar-refractivity contribution in [2.24, 2.45) is 16.9 Å². The highest BCUT2D eigenvalue weighted by molar-refractivity contribution is 6.74. The summed E-state index contributed by atoms with van der Waals surface area (Å²) in [5.41, 5.74) is 11.6. The molecule has 0 heterocycles. The summed E-state index contributed by atoms with van der Waals surface area (Å²) in [6, 6.07) is 0. The standard InChI is InChI=1S/C14H28Cl2N2OSi/c1-13(2,3)20(6,7)19-9-14(4,5)10(12(16)18)8-11(15)17/h8H,9,17-18H2,1-7H3/b11-8-,12-10+. The molecule has 6 heteroatoms. The minimum Gasteiger partial charge on any atom is -0.416 e. The second kappa shape index (κ2) is 6.73. The Morgan fingerprint density at radius 3 is 1.85 bits per heavy atom. The lowest BCUT2D eigenvalue weighted by atomic mass is 9.85. The average Bonchev–Trinajstić information content (AvgIpc) is 2.21. The fourth-order valence-corrected chi connectivity index (χ4v) is 2.95. The van der Waals surface area contributed by atoms with Gasteiger partial charge in [0.1, 0.15) is 5.16 Å². The first-order valence-corrected chi connectivity index (χ1v) is 10.3. The lowest BCUT2D eigenvalue weighted by Crippen LogP contribution is -2.43. The highest BCUT2D eigenvalue weighted by atomic mass is 35.5. The van der Waals surface area contributed by atoms with Crippen LogP contribution in [0.15, 0.2) is 22.0 Å². The summed E-state index contributed by atoms with van der Waals surface area (Å²) in [7, 11) is -1.83. The summed E-state index contributed by atoms with van der Waals surface area (Å²) in [6.07, 6.45) is 1.60. The summed E-state index contributed by atoms with van der Waals surface area (Å²) < 4.78 is 6.25. The van der Waals surface area contributed by atoms with Crippen LogP contribution in [0.1, 0.15) is 34.6 Å². The van der Waals surface area contributed by atoms with Crippen LogP contribution in [-0.2, 0) is 4.43 Å². The van der Waals surface area contributed by atoms with Crippen molar-refractivity contribution in [3.05, 3.63) is 22.0 Å². The van der Waals surface area contributed by atoms with Gasteiger partial charge in [-0.2, -0.15) is 0 Å². The summed E-state index contributed by atoms with van der Waals surface area (Å²) in [4.78, 5) is 0. The lowest BCUT2D eigenvalue weighted by Gasteiger charge is -2.39. The molecule has 0 bridgehead atoms. The molecule has 0 unspecified atom stereocenters. The number of nitrogens with two attached hydrogens (primary N) is 2.